The first-order valence-electron chi connectivity index (χ1n) is 9.54. The van der Waals surface area contributed by atoms with Crippen LogP contribution in [0.3, 0.4) is 0 Å². The lowest BCUT2D eigenvalue weighted by Crippen LogP contribution is -2.49. The van der Waals surface area contributed by atoms with Crippen LogP contribution < -0.4 is 5.32 Å². The van der Waals surface area contributed by atoms with Crippen LogP contribution in [0.1, 0.15) is 32.3 Å². The van der Waals surface area contributed by atoms with Crippen molar-refractivity contribution in [3.05, 3.63) is 18.0 Å². The molecule has 28 heavy (non-hydrogen) atoms. The Hall–Kier alpha value is -1.71. The smallest absolute Gasteiger partial charge is 0.290 e. The number of nitrogens with zero attached hydrogens (tertiary/aromatic N) is 3. The molecule has 1 aliphatic carbocycles. The van der Waals surface area contributed by atoms with Crippen LogP contribution in [-0.2, 0) is 20.9 Å². The Morgan fingerprint density at radius 1 is 1.36 bits per heavy atom. The molecular weight excluding hydrogens is 380 g/mol. The van der Waals surface area contributed by atoms with E-state index in [0.29, 0.717) is 11.8 Å². The molecule has 2 aliphatic rings. The van der Waals surface area contributed by atoms with Crippen LogP contribution in [0.25, 0.3) is 0 Å². The highest BCUT2D eigenvalue weighted by Crippen LogP contribution is 2.38. The van der Waals surface area contributed by atoms with E-state index in [9.17, 15) is 4.79 Å². The number of methoxy groups -OCH3 is 1. The van der Waals surface area contributed by atoms with E-state index in [1.165, 1.54) is 5.56 Å². The Balaban J connectivity index is 0.000000878. The van der Waals surface area contributed by atoms with Gasteiger partial charge in [0.1, 0.15) is 0 Å². The maximum atomic E-state index is 11.5. The summed E-state index contributed by atoms with van der Waals surface area (Å²) in [4.78, 5) is 31.2. The zero-order valence-electron chi connectivity index (χ0n) is 16.7. The average molecular weight is 411 g/mol. The first-order valence-corrected chi connectivity index (χ1v) is 10.5. The lowest BCUT2D eigenvalue weighted by atomic mass is 9.77. The van der Waals surface area contributed by atoms with Crippen LogP contribution in [0, 0.1) is 11.8 Å². The number of hydrogen-bond acceptors (Lipinski definition) is 7. The summed E-state index contributed by atoms with van der Waals surface area (Å²) in [6, 6.07) is 0.136. The van der Waals surface area contributed by atoms with E-state index in [-0.39, 0.29) is 24.5 Å². The minimum absolute atomic E-state index is 0.0301. The van der Waals surface area contributed by atoms with Crippen molar-refractivity contribution >= 4 is 24.1 Å². The molecule has 1 aliphatic heterocycles. The van der Waals surface area contributed by atoms with Gasteiger partial charge < -0.3 is 15.2 Å². The first-order chi connectivity index (χ1) is 13.5. The molecule has 1 saturated heterocycles. The second kappa shape index (κ2) is 11.3. The van der Waals surface area contributed by atoms with Crippen LogP contribution in [0.2, 0.25) is 0 Å². The molecule has 1 aromatic rings. The molecule has 1 saturated carbocycles. The van der Waals surface area contributed by atoms with Crippen molar-refractivity contribution < 1.29 is 19.4 Å². The van der Waals surface area contributed by atoms with Gasteiger partial charge in [0.25, 0.3) is 6.47 Å². The summed E-state index contributed by atoms with van der Waals surface area (Å²) in [5.74, 6) is 2.29. The van der Waals surface area contributed by atoms with Crippen LogP contribution >= 0.6 is 11.8 Å². The molecule has 1 aromatic heterocycles. The summed E-state index contributed by atoms with van der Waals surface area (Å²) < 4.78 is 5.65. The number of nitrogens with one attached hydrogen (secondary N) is 1. The van der Waals surface area contributed by atoms with Crippen molar-refractivity contribution in [1.29, 1.82) is 0 Å². The Kier molecular flexibility index (Phi) is 9.14. The number of amides is 1. The lowest BCUT2D eigenvalue weighted by molar-refractivity contribution is -0.123. The van der Waals surface area contributed by atoms with Crippen LogP contribution in [0.4, 0.5) is 0 Å². The van der Waals surface area contributed by atoms with E-state index in [2.05, 4.69) is 27.1 Å². The number of ether oxygens (including phenoxy) is 1. The largest absolute Gasteiger partial charge is 0.483 e. The van der Waals surface area contributed by atoms with Crippen molar-refractivity contribution in [2.75, 3.05) is 26.0 Å². The maximum absolute atomic E-state index is 11.5. The average Bonchev–Trinajstić information content (AvgIpc) is 3.04. The molecule has 2 N–H and O–H groups in total. The zero-order valence-corrected chi connectivity index (χ0v) is 17.5. The van der Waals surface area contributed by atoms with Gasteiger partial charge in [-0.15, -0.1) is 0 Å². The minimum Gasteiger partial charge on any atom is -0.483 e. The molecule has 0 aromatic carbocycles. The molecule has 0 unspecified atom stereocenters. The number of hydrogen-bond donors (Lipinski definition) is 2. The van der Waals surface area contributed by atoms with Gasteiger partial charge in [0, 0.05) is 51.6 Å². The second-order valence-corrected chi connectivity index (χ2v) is 8.41. The fraction of sp³-hybridized carbons (Fsp3) is 0.684. The van der Waals surface area contributed by atoms with Gasteiger partial charge in [-0.05, 0) is 30.4 Å². The molecule has 8 nitrogen and oxygen atoms in total. The summed E-state index contributed by atoms with van der Waals surface area (Å²) in [6.45, 7) is 6.49. The minimum atomic E-state index is -0.250. The molecule has 1 amide bonds. The quantitative estimate of drug-likeness (QED) is 0.414. The van der Waals surface area contributed by atoms with Crippen molar-refractivity contribution in [1.82, 2.24) is 20.2 Å². The second-order valence-electron chi connectivity index (χ2n) is 7.18. The van der Waals surface area contributed by atoms with Gasteiger partial charge in [-0.2, -0.15) is 0 Å². The molecule has 4 atom stereocenters. The molecule has 0 radical (unpaired) electrons. The van der Waals surface area contributed by atoms with Gasteiger partial charge >= 0.3 is 0 Å². The number of likely N-dealkylation sites (tertiary alicyclic amines) is 1. The van der Waals surface area contributed by atoms with E-state index in [0.717, 1.165) is 43.4 Å². The summed E-state index contributed by atoms with van der Waals surface area (Å²) in [5.41, 5.74) is 1.17. The van der Waals surface area contributed by atoms with E-state index in [4.69, 9.17) is 14.6 Å². The molecule has 2 fully saturated rings. The normalized spacial score (nSPS) is 26.7. The summed E-state index contributed by atoms with van der Waals surface area (Å²) in [6.07, 6.45) is 6.04. The number of carbonyl (C=O) groups excluding carboxylic acids is 1. The monoisotopic (exact) mass is 410 g/mol. The Morgan fingerprint density at radius 2 is 1.96 bits per heavy atom. The molecule has 9 heteroatoms. The lowest BCUT2D eigenvalue weighted by Gasteiger charge is -2.37. The number of aromatic nitrogens is 2. The van der Waals surface area contributed by atoms with Crippen molar-refractivity contribution in [3.63, 3.8) is 0 Å². The van der Waals surface area contributed by atoms with Crippen LogP contribution in [0.5, 0.6) is 0 Å². The third-order valence-corrected chi connectivity index (χ3v) is 6.00. The predicted octanol–water partition coefficient (Wildman–Crippen LogP) is 1.65. The number of carbonyl (C=O) groups is 2. The van der Waals surface area contributed by atoms with Crippen molar-refractivity contribution in [3.8, 4) is 0 Å². The fourth-order valence-corrected chi connectivity index (χ4v) is 4.71. The molecular formula is C19H30N4O4S. The highest BCUT2D eigenvalue weighted by molar-refractivity contribution is 7.99. The molecule has 0 bridgehead atoms. The Labute approximate surface area is 170 Å². The van der Waals surface area contributed by atoms with E-state index >= 15 is 0 Å². The maximum Gasteiger partial charge on any atom is 0.290 e. The first kappa shape index (κ1) is 22.6. The summed E-state index contributed by atoms with van der Waals surface area (Å²) in [7, 11) is 1.75. The van der Waals surface area contributed by atoms with E-state index < -0.39 is 0 Å². The van der Waals surface area contributed by atoms with Crippen molar-refractivity contribution in [2.24, 2.45) is 11.8 Å². The molecule has 2 heterocycles. The van der Waals surface area contributed by atoms with Crippen molar-refractivity contribution in [2.45, 2.75) is 50.5 Å². The Bertz CT molecular complexity index is 631. The van der Waals surface area contributed by atoms with Gasteiger partial charge in [0.15, 0.2) is 5.16 Å². The predicted molar refractivity (Wildman–Crippen MR) is 107 cm³/mol. The van der Waals surface area contributed by atoms with Crippen LogP contribution in [-0.4, -0.2) is 70.5 Å². The Morgan fingerprint density at radius 3 is 2.50 bits per heavy atom. The summed E-state index contributed by atoms with van der Waals surface area (Å²) in [5, 5.41) is 10.8. The van der Waals surface area contributed by atoms with Gasteiger partial charge in [-0.25, -0.2) is 9.97 Å². The highest BCUT2D eigenvalue weighted by Gasteiger charge is 2.42. The molecule has 156 valence electrons. The van der Waals surface area contributed by atoms with E-state index in [1.54, 1.807) is 25.8 Å². The number of rotatable bonds is 6. The molecule has 3 rings (SSSR count). The number of carboxylic acid groups (broad SMARTS) is 1. The topological polar surface area (TPSA) is 105 Å². The highest BCUT2D eigenvalue weighted by atomic mass is 32.2. The van der Waals surface area contributed by atoms with Gasteiger partial charge in [0.2, 0.25) is 5.91 Å². The molecule has 0 spiro atoms. The fourth-order valence-electron chi connectivity index (χ4n) is 4.20. The third-order valence-electron chi connectivity index (χ3n) is 5.25. The standard InChI is InChI=1S/C18H28N4O2S.CH2O2/c1-4-25-18-19-7-13(8-20-18)9-22-10-14-5-16(21-12(2)23)17(24-3)6-15(14)11-22;2-1-3/h7-8,14-17H,4-6,9-11H2,1-3H3,(H,21,23);1H,(H,2,3)/t14-,15+,16-,17-;/m1./s1. The number of fused-ring (bicyclic) bond motifs is 1. The van der Waals surface area contributed by atoms with Gasteiger partial charge in [-0.1, -0.05) is 18.7 Å². The SMILES string of the molecule is CCSc1ncc(CN2C[C@H]3C[C@@H](NC(C)=O)[C@H](OC)C[C@H]3C2)cn1.O=CO. The van der Waals surface area contributed by atoms with Gasteiger partial charge in [-0.3, -0.25) is 14.5 Å². The van der Waals surface area contributed by atoms with E-state index in [1.807, 2.05) is 12.4 Å². The number of thioether (sulfide) groups is 1. The van der Waals surface area contributed by atoms with Crippen LogP contribution in [0.15, 0.2) is 17.6 Å². The summed E-state index contributed by atoms with van der Waals surface area (Å²) >= 11 is 1.67. The van der Waals surface area contributed by atoms with Gasteiger partial charge in [0.05, 0.1) is 12.1 Å². The zero-order chi connectivity index (χ0) is 20.5. The third kappa shape index (κ3) is 6.42.